The molecule has 7 heteroatoms. The van der Waals surface area contributed by atoms with Crippen molar-refractivity contribution in [1.82, 2.24) is 10.6 Å². The fourth-order valence-electron chi connectivity index (χ4n) is 2.81. The van der Waals surface area contributed by atoms with Crippen LogP contribution in [0.1, 0.15) is 39.5 Å². The molecule has 140 valence electrons. The van der Waals surface area contributed by atoms with Gasteiger partial charge in [-0.3, -0.25) is 4.79 Å². The molecule has 0 atom stereocenters. The van der Waals surface area contributed by atoms with Crippen molar-refractivity contribution in [3.8, 4) is 5.75 Å². The number of hydrogen-bond acceptors (Lipinski definition) is 3. The third-order valence-electron chi connectivity index (χ3n) is 4.23. The first-order chi connectivity index (χ1) is 11.6. The van der Waals surface area contributed by atoms with Gasteiger partial charge in [0, 0.05) is 18.3 Å². The molecule has 0 heterocycles. The second-order valence-electron chi connectivity index (χ2n) is 6.39. The normalized spacial score (nSPS) is 20.3. The van der Waals surface area contributed by atoms with Crippen molar-refractivity contribution in [2.75, 3.05) is 18.4 Å². The highest BCUT2D eigenvalue weighted by molar-refractivity contribution is 14.0. The smallest absolute Gasteiger partial charge is 0.246 e. The van der Waals surface area contributed by atoms with E-state index in [1.807, 2.05) is 6.92 Å². The fourth-order valence-corrected chi connectivity index (χ4v) is 2.81. The van der Waals surface area contributed by atoms with Crippen LogP contribution in [0.3, 0.4) is 0 Å². The molecule has 0 aliphatic heterocycles. The van der Waals surface area contributed by atoms with E-state index in [9.17, 15) is 9.90 Å². The molecule has 0 saturated heterocycles. The minimum absolute atomic E-state index is 0. The maximum atomic E-state index is 12.0. The zero-order chi connectivity index (χ0) is 17.4. The number of aromatic hydroxyl groups is 1. The van der Waals surface area contributed by atoms with Crippen molar-refractivity contribution in [3.05, 3.63) is 24.3 Å². The van der Waals surface area contributed by atoms with Gasteiger partial charge in [0.1, 0.15) is 12.3 Å². The molecular weight excluding hydrogens is 431 g/mol. The van der Waals surface area contributed by atoms with Crippen LogP contribution < -0.4 is 16.0 Å². The van der Waals surface area contributed by atoms with Crippen LogP contribution in [0, 0.1) is 5.92 Å². The van der Waals surface area contributed by atoms with Crippen LogP contribution in [0.25, 0.3) is 0 Å². The minimum atomic E-state index is -0.185. The highest BCUT2D eigenvalue weighted by Crippen LogP contribution is 2.23. The monoisotopic (exact) mass is 460 g/mol. The SMILES string of the molecule is CCNC(=NCC(=O)Nc1ccc(O)cc1)NC1CCC(C)CC1.I. The summed E-state index contributed by atoms with van der Waals surface area (Å²) in [5, 5.41) is 18.6. The Morgan fingerprint density at radius 1 is 1.20 bits per heavy atom. The number of carbonyl (C=O) groups excluding carboxylic acids is 1. The van der Waals surface area contributed by atoms with E-state index in [2.05, 4.69) is 27.9 Å². The second kappa shape index (κ2) is 11.2. The summed E-state index contributed by atoms with van der Waals surface area (Å²) in [4.78, 5) is 16.4. The Morgan fingerprint density at radius 2 is 1.84 bits per heavy atom. The number of phenolic OH excluding ortho intramolecular Hbond substituents is 1. The van der Waals surface area contributed by atoms with Gasteiger partial charge in [0.25, 0.3) is 0 Å². The molecule has 4 N–H and O–H groups in total. The Kier molecular flexibility index (Phi) is 9.62. The number of anilines is 1. The molecule has 1 amide bonds. The number of benzene rings is 1. The van der Waals surface area contributed by atoms with E-state index in [4.69, 9.17) is 0 Å². The highest BCUT2D eigenvalue weighted by atomic mass is 127. The second-order valence-corrected chi connectivity index (χ2v) is 6.39. The summed E-state index contributed by atoms with van der Waals surface area (Å²) in [5.41, 5.74) is 0.646. The van der Waals surface area contributed by atoms with Crippen LogP contribution in [-0.2, 0) is 4.79 Å². The third-order valence-corrected chi connectivity index (χ3v) is 4.23. The van der Waals surface area contributed by atoms with E-state index in [1.54, 1.807) is 12.1 Å². The summed E-state index contributed by atoms with van der Waals surface area (Å²) in [6, 6.07) is 6.82. The average molecular weight is 460 g/mol. The predicted octanol–water partition coefficient (Wildman–Crippen LogP) is 3.08. The molecule has 0 radical (unpaired) electrons. The standard InChI is InChI=1S/C18H28N4O2.HI/c1-3-19-18(22-15-6-4-13(2)5-7-15)20-12-17(24)21-14-8-10-16(23)11-9-14;/h8-11,13,15,23H,3-7,12H2,1-2H3,(H,21,24)(H2,19,20,22);1H. The van der Waals surface area contributed by atoms with Gasteiger partial charge in [-0.25, -0.2) is 4.99 Å². The molecule has 1 fully saturated rings. The van der Waals surface area contributed by atoms with Gasteiger partial charge in [-0.2, -0.15) is 0 Å². The quantitative estimate of drug-likeness (QED) is 0.236. The van der Waals surface area contributed by atoms with Crippen molar-refractivity contribution in [3.63, 3.8) is 0 Å². The number of hydrogen-bond donors (Lipinski definition) is 4. The molecule has 1 saturated carbocycles. The summed E-state index contributed by atoms with van der Waals surface area (Å²) in [5.74, 6) is 1.48. The zero-order valence-corrected chi connectivity index (χ0v) is 17.2. The lowest BCUT2D eigenvalue weighted by molar-refractivity contribution is -0.114. The van der Waals surface area contributed by atoms with Crippen LogP contribution in [0.4, 0.5) is 5.69 Å². The first-order valence-corrected chi connectivity index (χ1v) is 8.70. The lowest BCUT2D eigenvalue weighted by Gasteiger charge is -2.28. The van der Waals surface area contributed by atoms with Gasteiger partial charge >= 0.3 is 0 Å². The Hall–Kier alpha value is -1.51. The van der Waals surface area contributed by atoms with Crippen molar-refractivity contribution >= 4 is 41.5 Å². The molecule has 1 aromatic rings. The summed E-state index contributed by atoms with van der Waals surface area (Å²) >= 11 is 0. The number of rotatable bonds is 5. The van der Waals surface area contributed by atoms with Crippen LogP contribution in [0.15, 0.2) is 29.3 Å². The molecule has 1 aliphatic carbocycles. The number of nitrogens with one attached hydrogen (secondary N) is 3. The number of nitrogens with zero attached hydrogens (tertiary/aromatic N) is 1. The number of halogens is 1. The Balaban J connectivity index is 0.00000312. The molecular formula is C18H29IN4O2. The molecule has 0 bridgehead atoms. The third kappa shape index (κ3) is 7.94. The van der Waals surface area contributed by atoms with Gasteiger partial charge in [-0.15, -0.1) is 24.0 Å². The first kappa shape index (κ1) is 21.5. The largest absolute Gasteiger partial charge is 0.508 e. The van der Waals surface area contributed by atoms with Crippen molar-refractivity contribution < 1.29 is 9.90 Å². The molecule has 0 spiro atoms. The van der Waals surface area contributed by atoms with E-state index in [0.29, 0.717) is 17.7 Å². The number of amides is 1. The van der Waals surface area contributed by atoms with Gasteiger partial charge in [0.2, 0.25) is 5.91 Å². The van der Waals surface area contributed by atoms with E-state index < -0.39 is 0 Å². The highest BCUT2D eigenvalue weighted by Gasteiger charge is 2.18. The van der Waals surface area contributed by atoms with Crippen LogP contribution >= 0.6 is 24.0 Å². The van der Waals surface area contributed by atoms with Gasteiger partial charge in [-0.1, -0.05) is 6.92 Å². The minimum Gasteiger partial charge on any atom is -0.508 e. The lowest BCUT2D eigenvalue weighted by Crippen LogP contribution is -2.45. The molecule has 6 nitrogen and oxygen atoms in total. The van der Waals surface area contributed by atoms with Crippen LogP contribution in [0.2, 0.25) is 0 Å². The van der Waals surface area contributed by atoms with E-state index >= 15 is 0 Å². The molecule has 1 aliphatic rings. The van der Waals surface area contributed by atoms with E-state index in [-0.39, 0.29) is 42.2 Å². The summed E-state index contributed by atoms with van der Waals surface area (Å²) in [6.07, 6.45) is 4.76. The van der Waals surface area contributed by atoms with Gasteiger partial charge in [0.15, 0.2) is 5.96 Å². The number of phenols is 1. The average Bonchev–Trinajstić information content (AvgIpc) is 2.57. The zero-order valence-electron chi connectivity index (χ0n) is 14.9. The summed E-state index contributed by atoms with van der Waals surface area (Å²) in [6.45, 7) is 5.12. The number of carbonyl (C=O) groups is 1. The van der Waals surface area contributed by atoms with Crippen LogP contribution in [0.5, 0.6) is 5.75 Å². The Labute approximate surface area is 166 Å². The molecule has 2 rings (SSSR count). The van der Waals surface area contributed by atoms with E-state index in [1.165, 1.54) is 25.0 Å². The summed E-state index contributed by atoms with van der Waals surface area (Å²) in [7, 11) is 0. The van der Waals surface area contributed by atoms with Gasteiger partial charge in [-0.05, 0) is 62.8 Å². The molecule has 0 unspecified atom stereocenters. The van der Waals surface area contributed by atoms with Crippen molar-refractivity contribution in [1.29, 1.82) is 0 Å². The maximum Gasteiger partial charge on any atom is 0.246 e. The maximum absolute atomic E-state index is 12.0. The predicted molar refractivity (Wildman–Crippen MR) is 113 cm³/mol. The summed E-state index contributed by atoms with van der Waals surface area (Å²) < 4.78 is 0. The first-order valence-electron chi connectivity index (χ1n) is 8.70. The van der Waals surface area contributed by atoms with Crippen molar-refractivity contribution in [2.45, 2.75) is 45.6 Å². The van der Waals surface area contributed by atoms with Crippen LogP contribution in [-0.4, -0.2) is 36.1 Å². The molecule has 1 aromatic carbocycles. The fraction of sp³-hybridized carbons (Fsp3) is 0.556. The number of guanidine groups is 1. The van der Waals surface area contributed by atoms with Crippen molar-refractivity contribution in [2.24, 2.45) is 10.9 Å². The van der Waals surface area contributed by atoms with E-state index in [0.717, 1.165) is 25.3 Å². The van der Waals surface area contributed by atoms with Gasteiger partial charge in [0.05, 0.1) is 0 Å². The van der Waals surface area contributed by atoms with Gasteiger partial charge < -0.3 is 21.1 Å². The molecule has 25 heavy (non-hydrogen) atoms. The lowest BCUT2D eigenvalue weighted by atomic mass is 9.87. The Morgan fingerprint density at radius 3 is 2.44 bits per heavy atom. The topological polar surface area (TPSA) is 85.8 Å². The molecule has 0 aromatic heterocycles. The Bertz CT molecular complexity index is 555. The number of aliphatic imine (C=N–C) groups is 1.